The van der Waals surface area contributed by atoms with Crippen molar-refractivity contribution in [2.45, 2.75) is 13.8 Å². The van der Waals surface area contributed by atoms with Crippen LogP contribution in [0.15, 0.2) is 42.5 Å². The number of benzene rings is 2. The first-order valence-corrected chi connectivity index (χ1v) is 4.79. The summed E-state index contributed by atoms with van der Waals surface area (Å²) in [5.41, 5.74) is 0.716. The Kier molecular flexibility index (Phi) is 3.69. The van der Waals surface area contributed by atoms with E-state index in [1.807, 2.05) is 56.3 Å². The van der Waals surface area contributed by atoms with Gasteiger partial charge in [0.2, 0.25) is 0 Å². The number of rotatable bonds is 0. The van der Waals surface area contributed by atoms with Gasteiger partial charge in [0.15, 0.2) is 0 Å². The van der Waals surface area contributed by atoms with Gasteiger partial charge in [-0.25, -0.2) is 0 Å². The summed E-state index contributed by atoms with van der Waals surface area (Å²) in [5.74, 6) is 0. The molecule has 0 aliphatic rings. The zero-order valence-corrected chi connectivity index (χ0v) is 8.49. The van der Waals surface area contributed by atoms with Crippen LogP contribution in [0.25, 0.3) is 10.8 Å². The molecular formula is C13H13N. The highest BCUT2D eigenvalue weighted by molar-refractivity contribution is 5.83. The van der Waals surface area contributed by atoms with Gasteiger partial charge in [-0.3, -0.25) is 0 Å². The van der Waals surface area contributed by atoms with Crippen LogP contribution in [0, 0.1) is 11.3 Å². The molecule has 2 aromatic carbocycles. The van der Waals surface area contributed by atoms with Crippen LogP contribution in [-0.2, 0) is 0 Å². The van der Waals surface area contributed by atoms with Crippen LogP contribution < -0.4 is 0 Å². The van der Waals surface area contributed by atoms with E-state index < -0.39 is 0 Å². The molecule has 0 spiro atoms. The normalized spacial score (nSPS) is 8.64. The molecule has 0 bridgehead atoms. The quantitative estimate of drug-likeness (QED) is 0.610. The van der Waals surface area contributed by atoms with Crippen LogP contribution >= 0.6 is 0 Å². The lowest BCUT2D eigenvalue weighted by molar-refractivity contribution is 1.50. The predicted octanol–water partition coefficient (Wildman–Crippen LogP) is 3.74. The molecule has 0 fully saturated rings. The minimum atomic E-state index is 0.716. The highest BCUT2D eigenvalue weighted by Crippen LogP contribution is 2.14. The van der Waals surface area contributed by atoms with E-state index >= 15 is 0 Å². The van der Waals surface area contributed by atoms with E-state index in [-0.39, 0.29) is 0 Å². The number of nitrogens with zero attached hydrogens (tertiary/aromatic N) is 1. The number of nitriles is 1. The molecule has 0 radical (unpaired) electrons. The van der Waals surface area contributed by atoms with Crippen LogP contribution in [0.4, 0.5) is 0 Å². The molecule has 0 heterocycles. The van der Waals surface area contributed by atoms with Crippen LogP contribution in [0.2, 0.25) is 0 Å². The van der Waals surface area contributed by atoms with Gasteiger partial charge in [0.1, 0.15) is 0 Å². The lowest BCUT2D eigenvalue weighted by Crippen LogP contribution is -1.74. The minimum absolute atomic E-state index is 0.716. The van der Waals surface area contributed by atoms with Gasteiger partial charge in [0.25, 0.3) is 0 Å². The predicted molar refractivity (Wildman–Crippen MR) is 60.0 cm³/mol. The molecule has 1 heteroatoms. The number of hydrogen-bond acceptors (Lipinski definition) is 1. The van der Waals surface area contributed by atoms with E-state index in [9.17, 15) is 0 Å². The Balaban J connectivity index is 0.000000461. The van der Waals surface area contributed by atoms with Crippen LogP contribution in [0.3, 0.4) is 0 Å². The Hall–Kier alpha value is -1.81. The summed E-state index contributed by atoms with van der Waals surface area (Å²) >= 11 is 0. The first kappa shape index (κ1) is 10.3. The summed E-state index contributed by atoms with van der Waals surface area (Å²) in [5, 5.41) is 10.9. The highest BCUT2D eigenvalue weighted by atomic mass is 14.2. The average Bonchev–Trinajstić information content (AvgIpc) is 2.31. The number of fused-ring (bicyclic) bond motifs is 1. The second-order valence-electron chi connectivity index (χ2n) is 2.67. The fourth-order valence-electron chi connectivity index (χ4n) is 1.26. The second kappa shape index (κ2) is 5.04. The second-order valence-corrected chi connectivity index (χ2v) is 2.67. The molecule has 0 atom stereocenters. The third kappa shape index (κ3) is 2.11. The first-order chi connectivity index (χ1) is 6.90. The van der Waals surface area contributed by atoms with Gasteiger partial charge in [-0.15, -0.1) is 0 Å². The Bertz CT molecular complexity index is 452. The zero-order valence-electron chi connectivity index (χ0n) is 8.49. The first-order valence-electron chi connectivity index (χ1n) is 4.79. The van der Waals surface area contributed by atoms with Gasteiger partial charge in [0, 0.05) is 0 Å². The van der Waals surface area contributed by atoms with E-state index in [4.69, 9.17) is 5.26 Å². The molecule has 0 aromatic heterocycles. The Morgan fingerprint density at radius 1 is 0.929 bits per heavy atom. The van der Waals surface area contributed by atoms with Crippen LogP contribution in [0.5, 0.6) is 0 Å². The Labute approximate surface area is 84.6 Å². The molecular weight excluding hydrogens is 170 g/mol. The molecule has 2 aromatic rings. The fraction of sp³-hybridized carbons (Fsp3) is 0.154. The van der Waals surface area contributed by atoms with Crippen LogP contribution in [0.1, 0.15) is 19.4 Å². The SMILES string of the molecule is CC.N#Cc1ccc2ccccc2c1. The molecule has 0 N–H and O–H groups in total. The third-order valence-corrected chi connectivity index (χ3v) is 1.88. The summed E-state index contributed by atoms with van der Waals surface area (Å²) < 4.78 is 0. The summed E-state index contributed by atoms with van der Waals surface area (Å²) in [6.07, 6.45) is 0. The molecule has 70 valence electrons. The Morgan fingerprint density at radius 2 is 1.57 bits per heavy atom. The van der Waals surface area contributed by atoms with Crippen molar-refractivity contribution in [2.24, 2.45) is 0 Å². The maximum absolute atomic E-state index is 8.65. The summed E-state index contributed by atoms with van der Waals surface area (Å²) in [7, 11) is 0. The van der Waals surface area contributed by atoms with E-state index in [2.05, 4.69) is 6.07 Å². The van der Waals surface area contributed by atoms with Gasteiger partial charge in [-0.2, -0.15) is 5.26 Å². The highest BCUT2D eigenvalue weighted by Gasteiger charge is 1.92. The third-order valence-electron chi connectivity index (χ3n) is 1.88. The van der Waals surface area contributed by atoms with E-state index in [1.165, 1.54) is 5.39 Å². The molecule has 0 unspecified atom stereocenters. The van der Waals surface area contributed by atoms with E-state index in [0.29, 0.717) is 5.56 Å². The smallest absolute Gasteiger partial charge is 0.0991 e. The van der Waals surface area contributed by atoms with Gasteiger partial charge in [-0.1, -0.05) is 44.2 Å². The molecule has 0 saturated heterocycles. The summed E-state index contributed by atoms with van der Waals surface area (Å²) in [4.78, 5) is 0. The van der Waals surface area contributed by atoms with Crippen LogP contribution in [-0.4, -0.2) is 0 Å². The van der Waals surface area contributed by atoms with Crippen molar-refractivity contribution >= 4 is 10.8 Å². The maximum atomic E-state index is 8.65. The molecule has 1 nitrogen and oxygen atoms in total. The zero-order chi connectivity index (χ0) is 10.4. The fourth-order valence-corrected chi connectivity index (χ4v) is 1.26. The molecule has 2 rings (SSSR count). The largest absolute Gasteiger partial charge is 0.192 e. The van der Waals surface area contributed by atoms with E-state index in [1.54, 1.807) is 0 Å². The van der Waals surface area contributed by atoms with Crippen molar-refractivity contribution in [3.05, 3.63) is 48.0 Å². The summed E-state index contributed by atoms with van der Waals surface area (Å²) in [6, 6.07) is 15.8. The minimum Gasteiger partial charge on any atom is -0.192 e. The average molecular weight is 183 g/mol. The topological polar surface area (TPSA) is 23.8 Å². The lowest BCUT2D eigenvalue weighted by atomic mass is 10.1. The van der Waals surface area contributed by atoms with Crippen molar-refractivity contribution in [2.75, 3.05) is 0 Å². The van der Waals surface area contributed by atoms with Crippen molar-refractivity contribution in [3.8, 4) is 6.07 Å². The van der Waals surface area contributed by atoms with Crippen molar-refractivity contribution in [3.63, 3.8) is 0 Å². The van der Waals surface area contributed by atoms with Crippen molar-refractivity contribution < 1.29 is 0 Å². The monoisotopic (exact) mass is 183 g/mol. The maximum Gasteiger partial charge on any atom is 0.0991 e. The molecule has 0 aliphatic heterocycles. The van der Waals surface area contributed by atoms with E-state index in [0.717, 1.165) is 5.39 Å². The van der Waals surface area contributed by atoms with Crippen molar-refractivity contribution in [1.29, 1.82) is 5.26 Å². The number of hydrogen-bond donors (Lipinski definition) is 0. The standard InChI is InChI=1S/C11H7N.C2H6/c12-8-9-5-6-10-3-1-2-4-11(10)7-9;1-2/h1-7H;1-2H3. The molecule has 0 amide bonds. The Morgan fingerprint density at radius 3 is 2.21 bits per heavy atom. The van der Waals surface area contributed by atoms with Gasteiger partial charge in [0.05, 0.1) is 11.6 Å². The summed E-state index contributed by atoms with van der Waals surface area (Å²) in [6.45, 7) is 4.00. The van der Waals surface area contributed by atoms with Gasteiger partial charge < -0.3 is 0 Å². The molecule has 0 saturated carbocycles. The van der Waals surface area contributed by atoms with Crippen molar-refractivity contribution in [1.82, 2.24) is 0 Å². The lowest BCUT2D eigenvalue weighted by Gasteiger charge is -1.95. The van der Waals surface area contributed by atoms with Gasteiger partial charge in [-0.05, 0) is 22.9 Å². The molecule has 0 aliphatic carbocycles. The van der Waals surface area contributed by atoms with Gasteiger partial charge >= 0.3 is 0 Å². The molecule has 14 heavy (non-hydrogen) atoms.